The van der Waals surface area contributed by atoms with Gasteiger partial charge in [0.05, 0.1) is 0 Å². The Morgan fingerprint density at radius 1 is 1.29 bits per heavy atom. The lowest BCUT2D eigenvalue weighted by molar-refractivity contribution is -0.158. The van der Waals surface area contributed by atoms with Crippen LogP contribution in [0.5, 0.6) is 0 Å². The van der Waals surface area contributed by atoms with E-state index < -0.39 is 24.0 Å². The molecule has 3 rings (SSSR count). The summed E-state index contributed by atoms with van der Waals surface area (Å²) in [6, 6.07) is 1.27. The molecule has 24 heavy (non-hydrogen) atoms. The van der Waals surface area contributed by atoms with Crippen LogP contribution in [0, 0.1) is 5.92 Å². The van der Waals surface area contributed by atoms with Gasteiger partial charge >= 0.3 is 6.18 Å². The van der Waals surface area contributed by atoms with Gasteiger partial charge in [0, 0.05) is 37.9 Å². The van der Waals surface area contributed by atoms with Gasteiger partial charge in [0.2, 0.25) is 0 Å². The highest BCUT2D eigenvalue weighted by molar-refractivity contribution is 5.95. The second kappa shape index (κ2) is 6.58. The number of alkyl halides is 3. The Kier molecular flexibility index (Phi) is 4.67. The highest BCUT2D eigenvalue weighted by Gasteiger charge is 2.49. The van der Waals surface area contributed by atoms with Crippen LogP contribution in [0.2, 0.25) is 0 Å². The van der Waals surface area contributed by atoms with Crippen LogP contribution in [0.15, 0.2) is 18.3 Å². The van der Waals surface area contributed by atoms with Gasteiger partial charge in [-0.2, -0.15) is 13.2 Å². The van der Waals surface area contributed by atoms with Crippen molar-refractivity contribution in [3.05, 3.63) is 23.9 Å². The van der Waals surface area contributed by atoms with Gasteiger partial charge < -0.3 is 15.1 Å². The van der Waals surface area contributed by atoms with Gasteiger partial charge in [-0.15, -0.1) is 0 Å². The number of halogens is 3. The third-order valence-corrected chi connectivity index (χ3v) is 4.57. The van der Waals surface area contributed by atoms with E-state index in [9.17, 15) is 18.0 Å². The summed E-state index contributed by atoms with van der Waals surface area (Å²) in [7, 11) is 2.03. The summed E-state index contributed by atoms with van der Waals surface area (Å²) in [5, 5.41) is 2.15. The van der Waals surface area contributed by atoms with Crippen molar-refractivity contribution in [2.45, 2.75) is 25.1 Å². The van der Waals surface area contributed by atoms with Crippen molar-refractivity contribution in [1.29, 1.82) is 0 Å². The summed E-state index contributed by atoms with van der Waals surface area (Å²) in [5.41, 5.74) is 0.217. The number of hydrogen-bond donors (Lipinski definition) is 1. The molecular weight excluding hydrogens is 321 g/mol. The lowest BCUT2D eigenvalue weighted by Crippen LogP contribution is -2.47. The lowest BCUT2D eigenvalue weighted by Gasteiger charge is -2.33. The molecule has 5 nitrogen and oxygen atoms in total. The van der Waals surface area contributed by atoms with Crippen LogP contribution in [0.4, 0.5) is 19.0 Å². The number of hydrogen-bond acceptors (Lipinski definition) is 4. The molecule has 132 valence electrons. The van der Waals surface area contributed by atoms with Gasteiger partial charge in [-0.05, 0) is 37.9 Å². The quantitative estimate of drug-likeness (QED) is 0.908. The predicted octanol–water partition coefficient (Wildman–Crippen LogP) is 1.90. The number of nitrogens with zero attached hydrogens (tertiary/aromatic N) is 3. The van der Waals surface area contributed by atoms with Crippen molar-refractivity contribution in [3.8, 4) is 0 Å². The smallest absolute Gasteiger partial charge is 0.354 e. The van der Waals surface area contributed by atoms with Crippen molar-refractivity contribution < 1.29 is 18.0 Å². The third kappa shape index (κ3) is 3.98. The molecule has 1 atom stereocenters. The van der Waals surface area contributed by atoms with Crippen molar-refractivity contribution in [2.75, 3.05) is 38.1 Å². The van der Waals surface area contributed by atoms with Crippen LogP contribution in [-0.4, -0.2) is 61.2 Å². The summed E-state index contributed by atoms with van der Waals surface area (Å²) in [5.74, 6) is -0.555. The second-order valence-electron chi connectivity index (χ2n) is 6.52. The van der Waals surface area contributed by atoms with E-state index in [1.54, 1.807) is 6.07 Å². The van der Waals surface area contributed by atoms with E-state index in [0.29, 0.717) is 18.7 Å². The summed E-state index contributed by atoms with van der Waals surface area (Å²) >= 11 is 0. The summed E-state index contributed by atoms with van der Waals surface area (Å²) < 4.78 is 39.2. The van der Waals surface area contributed by atoms with Gasteiger partial charge in [-0.3, -0.25) is 4.79 Å². The van der Waals surface area contributed by atoms with Gasteiger partial charge in [0.1, 0.15) is 11.9 Å². The van der Waals surface area contributed by atoms with E-state index in [4.69, 9.17) is 0 Å². The van der Waals surface area contributed by atoms with Crippen LogP contribution in [-0.2, 0) is 0 Å². The monoisotopic (exact) mass is 342 g/mol. The predicted molar refractivity (Wildman–Crippen MR) is 84.0 cm³/mol. The fourth-order valence-corrected chi connectivity index (χ4v) is 2.89. The normalized spacial score (nSPS) is 20.8. The number of nitrogens with one attached hydrogen (secondary N) is 1. The molecule has 1 saturated heterocycles. The minimum Gasteiger partial charge on any atom is -0.354 e. The maximum atomic E-state index is 13.1. The van der Waals surface area contributed by atoms with Gasteiger partial charge in [0.25, 0.3) is 5.91 Å². The van der Waals surface area contributed by atoms with Gasteiger partial charge in [0.15, 0.2) is 0 Å². The minimum atomic E-state index is -4.41. The SMILES string of the molecule is CN1CCN(c2cc(C(=O)NC(C3CC3)C(F)(F)F)ccn2)CC1. The minimum absolute atomic E-state index is 0.217. The number of piperazine rings is 1. The van der Waals surface area contributed by atoms with Crippen molar-refractivity contribution in [1.82, 2.24) is 15.2 Å². The average Bonchev–Trinajstić information content (AvgIpc) is 3.37. The molecule has 0 bridgehead atoms. The van der Waals surface area contributed by atoms with E-state index >= 15 is 0 Å². The van der Waals surface area contributed by atoms with E-state index in [0.717, 1.165) is 26.2 Å². The molecule has 1 aliphatic carbocycles. The first kappa shape index (κ1) is 17.0. The van der Waals surface area contributed by atoms with Crippen LogP contribution >= 0.6 is 0 Å². The van der Waals surface area contributed by atoms with Crippen molar-refractivity contribution in [2.24, 2.45) is 5.92 Å². The zero-order chi connectivity index (χ0) is 17.3. The molecule has 1 saturated carbocycles. The molecule has 1 aliphatic heterocycles. The zero-order valence-electron chi connectivity index (χ0n) is 13.5. The summed E-state index contributed by atoms with van der Waals surface area (Å²) in [6.45, 7) is 3.33. The van der Waals surface area contributed by atoms with Crippen molar-refractivity contribution in [3.63, 3.8) is 0 Å². The number of amides is 1. The molecule has 8 heteroatoms. The molecule has 1 aromatic heterocycles. The molecule has 2 heterocycles. The largest absolute Gasteiger partial charge is 0.408 e. The van der Waals surface area contributed by atoms with Crippen LogP contribution in [0.25, 0.3) is 0 Å². The Labute approximate surface area is 138 Å². The fourth-order valence-electron chi connectivity index (χ4n) is 2.89. The molecular formula is C16H21F3N4O. The molecule has 2 aliphatic rings. The molecule has 1 N–H and O–H groups in total. The van der Waals surface area contributed by atoms with E-state index in [1.807, 2.05) is 11.9 Å². The number of pyridine rings is 1. The molecule has 1 amide bonds. The Bertz CT molecular complexity index is 595. The highest BCUT2D eigenvalue weighted by Crippen LogP contribution is 2.40. The molecule has 0 radical (unpaired) electrons. The van der Waals surface area contributed by atoms with Gasteiger partial charge in [-0.1, -0.05) is 0 Å². The summed E-state index contributed by atoms with van der Waals surface area (Å²) in [4.78, 5) is 20.7. The number of anilines is 1. The highest BCUT2D eigenvalue weighted by atomic mass is 19.4. The number of carbonyl (C=O) groups excluding carboxylic acids is 1. The number of carbonyl (C=O) groups is 1. The van der Waals surface area contributed by atoms with Crippen LogP contribution in [0.1, 0.15) is 23.2 Å². The Morgan fingerprint density at radius 3 is 2.54 bits per heavy atom. The van der Waals surface area contributed by atoms with Crippen molar-refractivity contribution >= 4 is 11.7 Å². The Balaban J connectivity index is 1.70. The molecule has 0 aromatic carbocycles. The molecule has 1 aromatic rings. The summed E-state index contributed by atoms with van der Waals surface area (Å²) in [6.07, 6.45) is -1.92. The standard InChI is InChI=1S/C16H21F3N4O/c1-22-6-8-23(9-7-22)13-10-12(4-5-20-13)15(24)21-14(11-2-3-11)16(17,18)19/h4-5,10-11,14H,2-3,6-9H2,1H3,(H,21,24). The first-order valence-electron chi connectivity index (χ1n) is 8.12. The number of rotatable bonds is 4. The Hall–Kier alpha value is -1.83. The maximum Gasteiger partial charge on any atom is 0.408 e. The second-order valence-corrected chi connectivity index (χ2v) is 6.52. The number of aromatic nitrogens is 1. The van der Waals surface area contributed by atoms with E-state index in [-0.39, 0.29) is 5.56 Å². The zero-order valence-corrected chi connectivity index (χ0v) is 13.5. The topological polar surface area (TPSA) is 48.5 Å². The van der Waals surface area contributed by atoms with Gasteiger partial charge in [-0.25, -0.2) is 4.98 Å². The average molecular weight is 342 g/mol. The van der Waals surface area contributed by atoms with E-state index in [1.165, 1.54) is 12.3 Å². The first-order chi connectivity index (χ1) is 11.3. The van der Waals surface area contributed by atoms with Crippen LogP contribution < -0.4 is 10.2 Å². The van der Waals surface area contributed by atoms with Crippen LogP contribution in [0.3, 0.4) is 0 Å². The third-order valence-electron chi connectivity index (χ3n) is 4.57. The number of likely N-dealkylation sites (N-methyl/N-ethyl adjacent to an activating group) is 1. The first-order valence-corrected chi connectivity index (χ1v) is 8.12. The van der Waals surface area contributed by atoms with E-state index in [2.05, 4.69) is 15.2 Å². The Morgan fingerprint density at radius 2 is 1.96 bits per heavy atom. The maximum absolute atomic E-state index is 13.1. The molecule has 2 fully saturated rings. The lowest BCUT2D eigenvalue weighted by atomic mass is 10.1. The molecule has 1 unspecified atom stereocenters. The molecule has 0 spiro atoms. The fraction of sp³-hybridized carbons (Fsp3) is 0.625.